The third-order valence-corrected chi connectivity index (χ3v) is 10.2. The maximum Gasteiger partial charge on any atom is 0.305 e. The summed E-state index contributed by atoms with van der Waals surface area (Å²) in [6, 6.07) is -1.38. The van der Waals surface area contributed by atoms with Crippen LogP contribution < -0.4 is 11.2 Å². The second kappa shape index (κ2) is 44.7. The Morgan fingerprint density at radius 1 is 0.545 bits per heavy atom. The summed E-state index contributed by atoms with van der Waals surface area (Å²) in [5, 5.41) is 0. The Hall–Kier alpha value is -2.03. The van der Waals surface area contributed by atoms with Crippen LogP contribution in [0.2, 0.25) is 0 Å². The van der Waals surface area contributed by atoms with Crippen molar-refractivity contribution in [2.75, 3.05) is 19.8 Å². The number of carbonyl (C=O) groups excluding carboxylic acids is 3. The molecule has 0 aliphatic carbocycles. The molecule has 0 bridgehead atoms. The molecule has 0 saturated heterocycles. The fourth-order valence-electron chi connectivity index (χ4n) is 6.57. The lowest BCUT2D eigenvalue weighted by atomic mass is 10.1. The van der Waals surface area contributed by atoms with Crippen molar-refractivity contribution in [3.8, 4) is 0 Å². The van der Waals surface area contributed by atoms with Gasteiger partial charge in [-0.2, -0.15) is 0 Å². The third kappa shape index (κ3) is 40.0. The minimum Gasteiger partial charge on any atom is -0.585 e. The van der Waals surface area contributed by atoms with Gasteiger partial charge in [-0.3, -0.25) is 9.59 Å². The number of aldehydes is 1. The van der Waals surface area contributed by atoms with Crippen LogP contribution in [0.4, 0.5) is 0 Å². The van der Waals surface area contributed by atoms with Gasteiger partial charge in [-0.25, -0.2) is 0 Å². The molecule has 0 aliphatic rings. The highest BCUT2D eigenvalue weighted by molar-refractivity contribution is 5.79. The smallest absolute Gasteiger partial charge is 0.305 e. The van der Waals surface area contributed by atoms with E-state index in [1.165, 1.54) is 135 Å². The Balaban J connectivity index is 4.19. The largest absolute Gasteiger partial charge is 0.585 e. The number of allylic oxidation sites excluding steroid dienone is 4. The monoisotopic (exact) mass is 775 g/mol. The number of carbonyl (C=O) groups is 3. The second-order valence-electron chi connectivity index (χ2n) is 15.6. The van der Waals surface area contributed by atoms with Crippen LogP contribution in [0.15, 0.2) is 24.3 Å². The molecule has 1 unspecified atom stereocenters. The van der Waals surface area contributed by atoms with E-state index < -0.39 is 18.1 Å². The van der Waals surface area contributed by atoms with Gasteiger partial charge in [-0.15, -0.1) is 0 Å². The normalized spacial score (nSPS) is 12.8. The van der Waals surface area contributed by atoms with Gasteiger partial charge in [0.1, 0.15) is 6.29 Å². The number of hydrogen-bond donors (Lipinski definition) is 2. The molecule has 3 N–H and O–H groups in total. The Morgan fingerprint density at radius 2 is 0.964 bits per heavy atom. The topological polar surface area (TPSA) is 122 Å². The number of unbranched alkanes of at least 4 members (excludes halogenated alkanes) is 25. The third-order valence-electron chi connectivity index (χ3n) is 10.2. The Morgan fingerprint density at radius 3 is 1.40 bits per heavy atom. The van der Waals surface area contributed by atoms with Crippen LogP contribution in [-0.2, 0) is 23.9 Å². The molecule has 0 rings (SSSR count). The molecule has 55 heavy (non-hydrogen) atoms. The van der Waals surface area contributed by atoms with Crippen molar-refractivity contribution >= 4 is 18.2 Å². The number of esters is 2. The van der Waals surface area contributed by atoms with Crippen molar-refractivity contribution in [1.82, 2.24) is 5.43 Å². The number of nitrogens with two attached hydrogens (primary N) is 1. The molecular formula is C47H88N3O5-. The molecule has 0 aliphatic heterocycles. The van der Waals surface area contributed by atoms with E-state index in [1.54, 1.807) is 0 Å². The lowest BCUT2D eigenvalue weighted by Crippen LogP contribution is -2.34. The average Bonchev–Trinajstić information content (AvgIpc) is 3.19. The minimum absolute atomic E-state index is 0.0739. The first-order chi connectivity index (χ1) is 27.1. The van der Waals surface area contributed by atoms with Crippen molar-refractivity contribution in [3.63, 3.8) is 0 Å². The summed E-state index contributed by atoms with van der Waals surface area (Å²) in [6.07, 6.45) is 47.0. The first-order valence-electron chi connectivity index (χ1n) is 23.3. The van der Waals surface area contributed by atoms with Crippen LogP contribution in [0.5, 0.6) is 0 Å². The van der Waals surface area contributed by atoms with Crippen molar-refractivity contribution in [3.05, 3.63) is 29.7 Å². The van der Waals surface area contributed by atoms with Crippen LogP contribution in [0.3, 0.4) is 0 Å². The molecule has 0 fully saturated rings. The highest BCUT2D eigenvalue weighted by Gasteiger charge is 2.15. The summed E-state index contributed by atoms with van der Waals surface area (Å²) in [7, 11) is 0. The molecule has 322 valence electrons. The van der Waals surface area contributed by atoms with Crippen molar-refractivity contribution in [2.45, 2.75) is 238 Å². The SMILES string of the molecule is CCCCCCCC/C=C\CCCCCCCCOC(=O)CCC([N-]N[C@@H](C=O)CCCCN)C(=O)OCCCCCCCC/C=C\CCCCCCCC. The highest BCUT2D eigenvalue weighted by Crippen LogP contribution is 2.15. The van der Waals surface area contributed by atoms with Crippen LogP contribution in [0, 0.1) is 0 Å². The van der Waals surface area contributed by atoms with Crippen molar-refractivity contribution < 1.29 is 23.9 Å². The van der Waals surface area contributed by atoms with E-state index in [1.807, 2.05) is 0 Å². The molecule has 0 saturated carbocycles. The van der Waals surface area contributed by atoms with E-state index in [0.717, 1.165) is 64.1 Å². The fourth-order valence-corrected chi connectivity index (χ4v) is 6.57. The lowest BCUT2D eigenvalue weighted by molar-refractivity contribution is -0.146. The summed E-state index contributed by atoms with van der Waals surface area (Å²) in [4.78, 5) is 37.1. The van der Waals surface area contributed by atoms with E-state index >= 15 is 0 Å². The van der Waals surface area contributed by atoms with Gasteiger partial charge in [0, 0.05) is 12.5 Å². The summed E-state index contributed by atoms with van der Waals surface area (Å²) < 4.78 is 11.0. The van der Waals surface area contributed by atoms with Crippen molar-refractivity contribution in [2.24, 2.45) is 5.73 Å². The van der Waals surface area contributed by atoms with Crippen molar-refractivity contribution in [1.29, 1.82) is 0 Å². The molecule has 0 aromatic heterocycles. The van der Waals surface area contributed by atoms with E-state index in [0.29, 0.717) is 26.2 Å². The summed E-state index contributed by atoms with van der Waals surface area (Å²) in [5.41, 5.74) is 12.8. The molecule has 0 radical (unpaired) electrons. The Labute approximate surface area is 339 Å². The zero-order valence-electron chi connectivity index (χ0n) is 36.1. The molecular weight excluding hydrogens is 687 g/mol. The number of nitrogens with zero attached hydrogens (tertiary/aromatic N) is 1. The quantitative estimate of drug-likeness (QED) is 0.0208. The summed E-state index contributed by atoms with van der Waals surface area (Å²) in [5.74, 6) is -0.795. The molecule has 0 spiro atoms. The van der Waals surface area contributed by atoms with Crippen LogP contribution in [0.25, 0.3) is 5.43 Å². The van der Waals surface area contributed by atoms with E-state index in [9.17, 15) is 14.4 Å². The Bertz CT molecular complexity index is 896. The maximum atomic E-state index is 13.0. The first-order valence-corrected chi connectivity index (χ1v) is 23.3. The lowest BCUT2D eigenvalue weighted by Gasteiger charge is -2.33. The van der Waals surface area contributed by atoms with E-state index in [-0.39, 0.29) is 18.8 Å². The number of rotatable bonds is 44. The zero-order valence-corrected chi connectivity index (χ0v) is 36.1. The highest BCUT2D eigenvalue weighted by atomic mass is 16.5. The van der Waals surface area contributed by atoms with Crippen LogP contribution >= 0.6 is 0 Å². The number of ether oxygens (including phenoxy) is 2. The molecule has 8 heteroatoms. The van der Waals surface area contributed by atoms with Crippen LogP contribution in [-0.4, -0.2) is 50.1 Å². The molecule has 0 heterocycles. The average molecular weight is 775 g/mol. The summed E-state index contributed by atoms with van der Waals surface area (Å²) >= 11 is 0. The van der Waals surface area contributed by atoms with Gasteiger partial charge in [0.05, 0.1) is 13.2 Å². The van der Waals surface area contributed by atoms with Gasteiger partial charge in [0.15, 0.2) is 0 Å². The van der Waals surface area contributed by atoms with E-state index in [4.69, 9.17) is 15.2 Å². The fraction of sp³-hybridized carbons (Fsp3) is 0.851. The standard InChI is InChI=1S/C47H88N3O5/c1-3-5-7-9-11-13-15-17-19-21-23-25-27-29-31-35-41-54-46(52)39-38-45(50-49-44(43-51)37-33-34-40-48)47(53)55-42-36-32-30-28-26-24-22-20-18-16-14-12-10-8-6-4-2/h17-20,43-45,49H,3-16,21-42,48H2,1-2H3/q-1/b19-17-,20-18-/t44-,45?/m1/s1. The van der Waals surface area contributed by atoms with Gasteiger partial charge in [0.2, 0.25) is 0 Å². The second-order valence-corrected chi connectivity index (χ2v) is 15.6. The molecule has 0 amide bonds. The van der Waals surface area contributed by atoms with Gasteiger partial charge in [0.25, 0.3) is 5.97 Å². The molecule has 0 aromatic rings. The summed E-state index contributed by atoms with van der Waals surface area (Å²) in [6.45, 7) is 5.82. The van der Waals surface area contributed by atoms with Gasteiger partial charge >= 0.3 is 5.97 Å². The Kier molecular flexibility index (Phi) is 43.0. The number of hydrogen-bond acceptors (Lipinski definition) is 7. The van der Waals surface area contributed by atoms with E-state index in [2.05, 4.69) is 49.0 Å². The predicted octanol–water partition coefficient (Wildman–Crippen LogP) is 12.9. The molecule has 2 atom stereocenters. The molecule has 8 nitrogen and oxygen atoms in total. The zero-order chi connectivity index (χ0) is 40.1. The van der Waals surface area contributed by atoms with Gasteiger partial charge in [-0.05, 0) is 96.1 Å². The van der Waals surface area contributed by atoms with Gasteiger partial charge < -0.3 is 30.9 Å². The molecule has 0 aromatic carbocycles. The van der Waals surface area contributed by atoms with Crippen LogP contribution in [0.1, 0.15) is 226 Å². The maximum absolute atomic E-state index is 13.0. The minimum atomic E-state index is -0.871. The number of nitrogens with one attached hydrogen (secondary N) is 1. The first kappa shape index (κ1) is 53.0. The predicted molar refractivity (Wildman–Crippen MR) is 233 cm³/mol. The van der Waals surface area contributed by atoms with Gasteiger partial charge in [-0.1, -0.05) is 160 Å².